The van der Waals surface area contributed by atoms with Crippen LogP contribution in [-0.2, 0) is 0 Å². The first kappa shape index (κ1) is 13.9. The normalized spacial score (nSPS) is 11.2. The summed E-state index contributed by atoms with van der Waals surface area (Å²) in [5.74, 6) is 0.591. The van der Waals surface area contributed by atoms with Crippen molar-refractivity contribution in [1.29, 1.82) is 0 Å². The largest absolute Gasteiger partial charge is 0.490 e. The van der Waals surface area contributed by atoms with Crippen LogP contribution in [-0.4, -0.2) is 16.9 Å². The predicted molar refractivity (Wildman–Crippen MR) is 83.9 cm³/mol. The van der Waals surface area contributed by atoms with Crippen molar-refractivity contribution in [3.8, 4) is 5.75 Å². The number of hydrogen-bond donors (Lipinski definition) is 1. The molecule has 0 aliphatic heterocycles. The number of aromatic nitrogens is 1. The van der Waals surface area contributed by atoms with E-state index in [0.29, 0.717) is 21.5 Å². The number of ether oxygens (including phenoxy) is 1. The highest BCUT2D eigenvalue weighted by molar-refractivity contribution is 9.10. The zero-order chi connectivity index (χ0) is 15.0. The SMILES string of the molecule is CC(C)Oc1cccc2[nH]cc(C(=O)c3ccoc3Br)c12. The van der Waals surface area contributed by atoms with Crippen LogP contribution in [0.15, 0.2) is 45.8 Å². The Morgan fingerprint density at radius 2 is 2.10 bits per heavy atom. The van der Waals surface area contributed by atoms with Gasteiger partial charge in [-0.25, -0.2) is 0 Å². The number of rotatable bonds is 4. The van der Waals surface area contributed by atoms with Gasteiger partial charge >= 0.3 is 0 Å². The van der Waals surface area contributed by atoms with Gasteiger partial charge in [0.05, 0.1) is 28.9 Å². The molecule has 3 rings (SSSR count). The maximum Gasteiger partial charge on any atom is 0.199 e. The molecule has 0 aliphatic carbocycles. The summed E-state index contributed by atoms with van der Waals surface area (Å²) >= 11 is 3.25. The average Bonchev–Trinajstić information content (AvgIpc) is 3.04. The van der Waals surface area contributed by atoms with E-state index in [4.69, 9.17) is 9.15 Å². The van der Waals surface area contributed by atoms with Gasteiger partial charge in [0.1, 0.15) is 5.75 Å². The van der Waals surface area contributed by atoms with Crippen molar-refractivity contribution < 1.29 is 13.9 Å². The highest BCUT2D eigenvalue weighted by Crippen LogP contribution is 2.32. The Labute approximate surface area is 130 Å². The molecule has 108 valence electrons. The molecule has 3 aromatic rings. The van der Waals surface area contributed by atoms with Crippen LogP contribution in [0, 0.1) is 0 Å². The zero-order valence-electron chi connectivity index (χ0n) is 11.6. The summed E-state index contributed by atoms with van der Waals surface area (Å²) in [7, 11) is 0. The Kier molecular flexibility index (Phi) is 3.59. The molecule has 0 spiro atoms. The number of halogens is 1. The van der Waals surface area contributed by atoms with Crippen LogP contribution in [0.5, 0.6) is 5.75 Å². The number of ketones is 1. The maximum atomic E-state index is 12.7. The van der Waals surface area contributed by atoms with Crippen molar-refractivity contribution in [2.45, 2.75) is 20.0 Å². The Hall–Kier alpha value is -2.01. The lowest BCUT2D eigenvalue weighted by Crippen LogP contribution is -2.07. The number of furan rings is 1. The Bertz CT molecular complexity index is 801. The van der Waals surface area contributed by atoms with Gasteiger partial charge in [-0.2, -0.15) is 0 Å². The van der Waals surface area contributed by atoms with Crippen molar-refractivity contribution in [2.75, 3.05) is 0 Å². The zero-order valence-corrected chi connectivity index (χ0v) is 13.2. The van der Waals surface area contributed by atoms with Gasteiger partial charge in [-0.1, -0.05) is 6.07 Å². The molecule has 0 bridgehead atoms. The molecule has 0 radical (unpaired) electrons. The van der Waals surface area contributed by atoms with E-state index in [2.05, 4.69) is 20.9 Å². The molecule has 2 aromatic heterocycles. The van der Waals surface area contributed by atoms with E-state index >= 15 is 0 Å². The molecule has 5 heteroatoms. The molecule has 0 aliphatic rings. The van der Waals surface area contributed by atoms with Gasteiger partial charge in [0.15, 0.2) is 10.5 Å². The first-order valence-corrected chi connectivity index (χ1v) is 7.41. The number of nitrogens with one attached hydrogen (secondary N) is 1. The number of carbonyl (C=O) groups is 1. The molecule has 0 unspecified atom stereocenters. The van der Waals surface area contributed by atoms with E-state index in [-0.39, 0.29) is 11.9 Å². The van der Waals surface area contributed by atoms with Crippen LogP contribution < -0.4 is 4.74 Å². The molecule has 0 atom stereocenters. The summed E-state index contributed by atoms with van der Waals surface area (Å²) in [6, 6.07) is 7.34. The number of carbonyl (C=O) groups excluding carboxylic acids is 1. The molecule has 4 nitrogen and oxygen atoms in total. The minimum absolute atomic E-state index is 0.0362. The standard InChI is InChI=1S/C16H14BrNO3/c1-9(2)21-13-5-3-4-12-14(13)11(8-18-12)15(19)10-6-7-20-16(10)17/h3-9,18H,1-2H3. The van der Waals surface area contributed by atoms with Crippen LogP contribution >= 0.6 is 15.9 Å². The fourth-order valence-electron chi connectivity index (χ4n) is 2.28. The van der Waals surface area contributed by atoms with Crippen molar-refractivity contribution in [1.82, 2.24) is 4.98 Å². The van der Waals surface area contributed by atoms with Crippen molar-refractivity contribution in [3.63, 3.8) is 0 Å². The van der Waals surface area contributed by atoms with Crippen molar-refractivity contribution in [2.24, 2.45) is 0 Å². The summed E-state index contributed by atoms with van der Waals surface area (Å²) in [4.78, 5) is 15.8. The lowest BCUT2D eigenvalue weighted by atomic mass is 10.0. The highest BCUT2D eigenvalue weighted by atomic mass is 79.9. The smallest absolute Gasteiger partial charge is 0.199 e. The number of benzene rings is 1. The Morgan fingerprint density at radius 1 is 1.29 bits per heavy atom. The van der Waals surface area contributed by atoms with E-state index in [9.17, 15) is 4.79 Å². The topological polar surface area (TPSA) is 55.2 Å². The highest BCUT2D eigenvalue weighted by Gasteiger charge is 2.21. The summed E-state index contributed by atoms with van der Waals surface area (Å²) in [6.45, 7) is 3.92. The second kappa shape index (κ2) is 5.41. The molecule has 0 saturated carbocycles. The minimum Gasteiger partial charge on any atom is -0.490 e. The van der Waals surface area contributed by atoms with E-state index in [1.807, 2.05) is 32.0 Å². The number of H-pyrrole nitrogens is 1. The van der Waals surface area contributed by atoms with Crippen LogP contribution in [0.1, 0.15) is 29.8 Å². The van der Waals surface area contributed by atoms with E-state index in [1.54, 1.807) is 12.3 Å². The molecule has 0 amide bonds. The first-order chi connectivity index (χ1) is 10.1. The first-order valence-electron chi connectivity index (χ1n) is 6.62. The van der Waals surface area contributed by atoms with Gasteiger partial charge in [-0.05, 0) is 48.0 Å². The van der Waals surface area contributed by atoms with Crippen LogP contribution in [0.25, 0.3) is 10.9 Å². The van der Waals surface area contributed by atoms with Crippen molar-refractivity contribution >= 4 is 32.6 Å². The molecule has 1 aromatic carbocycles. The lowest BCUT2D eigenvalue weighted by molar-refractivity contribution is 0.103. The number of aromatic amines is 1. The average molecular weight is 348 g/mol. The third-order valence-electron chi connectivity index (χ3n) is 3.14. The molecule has 2 heterocycles. The van der Waals surface area contributed by atoms with E-state index < -0.39 is 0 Å². The molecular weight excluding hydrogens is 334 g/mol. The van der Waals surface area contributed by atoms with Crippen LogP contribution in [0.4, 0.5) is 0 Å². The summed E-state index contributed by atoms with van der Waals surface area (Å²) in [5, 5.41) is 0.796. The molecule has 21 heavy (non-hydrogen) atoms. The fraction of sp³-hybridized carbons (Fsp3) is 0.188. The van der Waals surface area contributed by atoms with Gasteiger partial charge in [0.25, 0.3) is 0 Å². The Morgan fingerprint density at radius 3 is 2.76 bits per heavy atom. The monoisotopic (exact) mass is 347 g/mol. The second-order valence-corrected chi connectivity index (χ2v) is 5.71. The number of fused-ring (bicyclic) bond motifs is 1. The van der Waals surface area contributed by atoms with E-state index in [0.717, 1.165) is 10.9 Å². The molecule has 0 saturated heterocycles. The van der Waals surface area contributed by atoms with Gasteiger partial charge in [0, 0.05) is 11.7 Å². The third-order valence-corrected chi connectivity index (χ3v) is 3.75. The fourth-order valence-corrected chi connectivity index (χ4v) is 2.70. The minimum atomic E-state index is -0.110. The summed E-state index contributed by atoms with van der Waals surface area (Å²) in [5.41, 5.74) is 1.94. The quantitative estimate of drug-likeness (QED) is 0.704. The van der Waals surface area contributed by atoms with Crippen LogP contribution in [0.2, 0.25) is 0 Å². The summed E-state index contributed by atoms with van der Waals surface area (Å²) in [6.07, 6.45) is 3.23. The van der Waals surface area contributed by atoms with Crippen molar-refractivity contribution in [3.05, 3.63) is 52.5 Å². The van der Waals surface area contributed by atoms with Gasteiger partial charge < -0.3 is 14.1 Å². The molecule has 0 fully saturated rings. The second-order valence-electron chi connectivity index (χ2n) is 4.98. The summed E-state index contributed by atoms with van der Waals surface area (Å²) < 4.78 is 11.4. The molecular formula is C16H14BrNO3. The molecule has 1 N–H and O–H groups in total. The van der Waals surface area contributed by atoms with Crippen LogP contribution in [0.3, 0.4) is 0 Å². The van der Waals surface area contributed by atoms with E-state index in [1.165, 1.54) is 6.26 Å². The number of hydrogen-bond acceptors (Lipinski definition) is 3. The lowest BCUT2D eigenvalue weighted by Gasteiger charge is -2.11. The maximum absolute atomic E-state index is 12.7. The van der Waals surface area contributed by atoms with Gasteiger partial charge in [0.2, 0.25) is 0 Å². The third kappa shape index (κ3) is 2.49. The van der Waals surface area contributed by atoms with Gasteiger partial charge in [-0.15, -0.1) is 0 Å². The Balaban J connectivity index is 2.15. The van der Waals surface area contributed by atoms with Gasteiger partial charge in [-0.3, -0.25) is 4.79 Å². The predicted octanol–water partition coefficient (Wildman–Crippen LogP) is 4.54.